The molecule has 0 unspecified atom stereocenters. The number of methoxy groups -OCH3 is 1. The van der Waals surface area contributed by atoms with Crippen LogP contribution in [0.4, 0.5) is 0 Å². The highest BCUT2D eigenvalue weighted by Gasteiger charge is 2.56. The van der Waals surface area contributed by atoms with Crippen LogP contribution >= 0.6 is 0 Å². The summed E-state index contributed by atoms with van der Waals surface area (Å²) in [5.74, 6) is 0.408. The first-order chi connectivity index (χ1) is 10.7. The molecule has 0 radical (unpaired) electrons. The fourth-order valence-corrected chi connectivity index (χ4v) is 3.11. The first kappa shape index (κ1) is 14.0. The maximum absolute atomic E-state index is 9.48. The van der Waals surface area contributed by atoms with Gasteiger partial charge in [0.2, 0.25) is 0 Å². The summed E-state index contributed by atoms with van der Waals surface area (Å²) >= 11 is 0. The number of aliphatic hydroxyl groups excluding tert-OH is 1. The van der Waals surface area contributed by atoms with Gasteiger partial charge in [0.05, 0.1) is 12.9 Å². The summed E-state index contributed by atoms with van der Waals surface area (Å²) < 4.78 is 22.2. The molecule has 2 saturated heterocycles. The van der Waals surface area contributed by atoms with Crippen molar-refractivity contribution >= 4 is 18.5 Å². The van der Waals surface area contributed by atoms with Crippen LogP contribution in [-0.2, 0) is 18.9 Å². The van der Waals surface area contributed by atoms with Crippen LogP contribution in [0.15, 0.2) is 15.0 Å². The second-order valence-electron chi connectivity index (χ2n) is 5.36. The molecule has 4 heterocycles. The van der Waals surface area contributed by atoms with Crippen molar-refractivity contribution in [1.82, 2.24) is 4.90 Å². The van der Waals surface area contributed by atoms with E-state index in [0.29, 0.717) is 5.84 Å². The van der Waals surface area contributed by atoms with Gasteiger partial charge < -0.3 is 34.7 Å². The van der Waals surface area contributed by atoms with Crippen molar-refractivity contribution in [2.75, 3.05) is 13.7 Å². The molecular formula is C12H17N5O5. The summed E-state index contributed by atoms with van der Waals surface area (Å²) in [6, 6.07) is -0.333. The van der Waals surface area contributed by atoms with E-state index in [1.807, 2.05) is 4.90 Å². The average Bonchev–Trinajstić information content (AvgIpc) is 3.19. The molecular weight excluding hydrogens is 294 g/mol. The van der Waals surface area contributed by atoms with E-state index in [1.54, 1.807) is 6.34 Å². The number of aliphatic hydroxyl groups is 1. The largest absolute Gasteiger partial charge is 0.394 e. The normalized spacial score (nSPS) is 46.0. The van der Waals surface area contributed by atoms with Crippen molar-refractivity contribution in [2.24, 2.45) is 20.7 Å². The number of hydrogen-bond donors (Lipinski definition) is 2. The van der Waals surface area contributed by atoms with Gasteiger partial charge in [-0.2, -0.15) is 0 Å². The Bertz CT molecular complexity index is 540. The third kappa shape index (κ3) is 1.96. The van der Waals surface area contributed by atoms with Gasteiger partial charge in [0.15, 0.2) is 12.4 Å². The molecule has 22 heavy (non-hydrogen) atoms. The number of amidine groups is 1. The van der Waals surface area contributed by atoms with E-state index in [-0.39, 0.29) is 18.8 Å². The van der Waals surface area contributed by atoms with E-state index in [9.17, 15) is 5.11 Å². The van der Waals surface area contributed by atoms with Gasteiger partial charge in [-0.05, 0) is 0 Å². The molecule has 3 N–H and O–H groups in total. The number of nitrogens with zero attached hydrogens (tertiary/aromatic N) is 4. The zero-order valence-electron chi connectivity index (χ0n) is 11.8. The minimum atomic E-state index is -0.771. The molecule has 0 saturated carbocycles. The summed E-state index contributed by atoms with van der Waals surface area (Å²) in [4.78, 5) is 14.4. The second kappa shape index (κ2) is 5.25. The van der Waals surface area contributed by atoms with Crippen LogP contribution < -0.4 is 5.73 Å². The Morgan fingerprint density at radius 2 is 2.14 bits per heavy atom. The molecule has 4 aliphatic heterocycles. The van der Waals surface area contributed by atoms with Gasteiger partial charge in [-0.25, -0.2) is 9.98 Å². The van der Waals surface area contributed by atoms with Crippen LogP contribution in [0.1, 0.15) is 0 Å². The summed E-state index contributed by atoms with van der Waals surface area (Å²) in [6.07, 6.45) is 0.897. The molecule has 0 aromatic heterocycles. The first-order valence-electron chi connectivity index (χ1n) is 6.98. The fourth-order valence-electron chi connectivity index (χ4n) is 3.11. The summed E-state index contributed by atoms with van der Waals surface area (Å²) in [7, 11) is 1.49. The van der Waals surface area contributed by atoms with Crippen LogP contribution in [-0.4, -0.2) is 85.5 Å². The molecule has 7 atom stereocenters. The van der Waals surface area contributed by atoms with Gasteiger partial charge in [-0.15, -0.1) is 0 Å². The van der Waals surface area contributed by atoms with Crippen molar-refractivity contribution < 1.29 is 24.1 Å². The van der Waals surface area contributed by atoms with Crippen molar-refractivity contribution in [3.8, 4) is 0 Å². The maximum Gasteiger partial charge on any atom is 0.272 e. The molecule has 0 aromatic rings. The third-order valence-electron chi connectivity index (χ3n) is 4.17. The number of fused-ring (bicyclic) bond motifs is 2. The van der Waals surface area contributed by atoms with Crippen molar-refractivity contribution in [2.45, 2.75) is 43.2 Å². The Labute approximate surface area is 126 Å². The fraction of sp³-hybridized carbons (Fsp3) is 0.750. The lowest BCUT2D eigenvalue weighted by Crippen LogP contribution is -2.51. The third-order valence-corrected chi connectivity index (χ3v) is 4.17. The summed E-state index contributed by atoms with van der Waals surface area (Å²) in [5.41, 5.74) is 5.85. The van der Waals surface area contributed by atoms with E-state index in [2.05, 4.69) is 15.0 Å². The van der Waals surface area contributed by atoms with Crippen molar-refractivity contribution in [3.05, 3.63) is 0 Å². The number of ether oxygens (including phenoxy) is 4. The quantitative estimate of drug-likeness (QED) is 0.609. The van der Waals surface area contributed by atoms with Crippen molar-refractivity contribution in [3.63, 3.8) is 0 Å². The Hall–Kier alpha value is -1.59. The van der Waals surface area contributed by atoms with Crippen molar-refractivity contribution in [1.29, 1.82) is 0 Å². The van der Waals surface area contributed by atoms with Gasteiger partial charge in [-0.1, -0.05) is 0 Å². The smallest absolute Gasteiger partial charge is 0.272 e. The Balaban J connectivity index is 1.57. The molecule has 2 fully saturated rings. The topological polar surface area (TPSA) is 123 Å². The molecule has 4 aliphatic rings. The van der Waals surface area contributed by atoms with E-state index < -0.39 is 31.0 Å². The lowest BCUT2D eigenvalue weighted by Gasteiger charge is -2.32. The van der Waals surface area contributed by atoms with Crippen LogP contribution in [0.25, 0.3) is 0 Å². The van der Waals surface area contributed by atoms with Gasteiger partial charge in [0.25, 0.3) is 6.48 Å². The highest BCUT2D eigenvalue weighted by molar-refractivity contribution is 5.96. The molecule has 0 spiro atoms. The summed E-state index contributed by atoms with van der Waals surface area (Å²) in [5, 5.41) is 9.48. The van der Waals surface area contributed by atoms with Gasteiger partial charge in [0, 0.05) is 7.11 Å². The summed E-state index contributed by atoms with van der Waals surface area (Å²) in [6.45, 7) is -0.948. The zero-order chi connectivity index (χ0) is 15.3. The molecule has 10 nitrogen and oxygen atoms in total. The van der Waals surface area contributed by atoms with Gasteiger partial charge >= 0.3 is 0 Å². The van der Waals surface area contributed by atoms with Crippen LogP contribution in [0.5, 0.6) is 0 Å². The van der Waals surface area contributed by atoms with E-state index in [0.717, 1.165) is 0 Å². The monoisotopic (exact) mass is 311 g/mol. The first-order valence-corrected chi connectivity index (χ1v) is 6.98. The molecule has 0 aromatic carbocycles. The number of aliphatic imine (C=N–C) groups is 3. The Morgan fingerprint density at radius 1 is 1.32 bits per heavy atom. The van der Waals surface area contributed by atoms with Crippen LogP contribution in [0.2, 0.25) is 0 Å². The van der Waals surface area contributed by atoms with Crippen LogP contribution in [0.3, 0.4) is 0 Å². The molecule has 0 amide bonds. The zero-order valence-corrected chi connectivity index (χ0v) is 11.8. The molecule has 0 bridgehead atoms. The SMILES string of the molecule is CO[C@H]1O[C@@H]2[C@H](O1)[C@H](CO)O[C@@H]2N1C=N[C@@H]2C(N)=NC=N[C@@H]21. The highest BCUT2D eigenvalue weighted by atomic mass is 16.9. The minimum absolute atomic E-state index is 0.177. The highest BCUT2D eigenvalue weighted by Crippen LogP contribution is 2.37. The maximum atomic E-state index is 9.48. The molecule has 0 aliphatic carbocycles. The van der Waals surface area contributed by atoms with E-state index in [4.69, 9.17) is 24.7 Å². The standard InChI is InChI=1S/C12H17N5O5/c1-19-12-21-7-5(2-18)20-11(8(7)22-12)17-4-16-6-9(13)14-3-15-10(6)17/h3-8,10-12,18H,2H2,1H3,(H2,13,14,15)/t5-,6+,7+,8+,10+,11-,12+/m0/s1. The lowest BCUT2D eigenvalue weighted by atomic mass is 10.1. The predicted molar refractivity (Wildman–Crippen MR) is 74.3 cm³/mol. The number of nitrogens with two attached hydrogens (primary N) is 1. The van der Waals surface area contributed by atoms with E-state index in [1.165, 1.54) is 13.4 Å². The Morgan fingerprint density at radius 3 is 2.91 bits per heavy atom. The Kier molecular flexibility index (Phi) is 3.35. The number of rotatable bonds is 3. The second-order valence-corrected chi connectivity index (χ2v) is 5.36. The average molecular weight is 311 g/mol. The molecule has 10 heteroatoms. The van der Waals surface area contributed by atoms with E-state index >= 15 is 0 Å². The minimum Gasteiger partial charge on any atom is -0.394 e. The molecule has 4 rings (SSSR count). The van der Waals surface area contributed by atoms with Gasteiger partial charge in [-0.3, -0.25) is 4.99 Å². The number of hydrogen-bond acceptors (Lipinski definition) is 10. The van der Waals surface area contributed by atoms with Gasteiger partial charge in [0.1, 0.15) is 36.5 Å². The van der Waals surface area contributed by atoms with Crippen LogP contribution in [0, 0.1) is 0 Å². The predicted octanol–water partition coefficient (Wildman–Crippen LogP) is -2.14. The molecule has 120 valence electrons. The lowest BCUT2D eigenvalue weighted by molar-refractivity contribution is -0.258.